The highest BCUT2D eigenvalue weighted by Gasteiger charge is 2.12. The number of hydrogen-bond donors (Lipinski definition) is 1. The minimum Gasteiger partial charge on any atom is -0.439 e. The first-order valence-corrected chi connectivity index (χ1v) is 7.34. The van der Waals surface area contributed by atoms with Gasteiger partial charge in [0.15, 0.2) is 0 Å². The third-order valence-electron chi connectivity index (χ3n) is 3.25. The van der Waals surface area contributed by atoms with E-state index in [1.165, 1.54) is 5.56 Å². The van der Waals surface area contributed by atoms with Gasteiger partial charge < -0.3 is 10.1 Å². The van der Waals surface area contributed by atoms with Gasteiger partial charge in [0.2, 0.25) is 5.88 Å². The summed E-state index contributed by atoms with van der Waals surface area (Å²) in [5.74, 6) is 3.62. The van der Waals surface area contributed by atoms with Crippen molar-refractivity contribution in [1.29, 1.82) is 0 Å². The van der Waals surface area contributed by atoms with Crippen LogP contribution in [0.4, 0.5) is 5.82 Å². The van der Waals surface area contributed by atoms with Crippen molar-refractivity contribution in [2.75, 3.05) is 12.4 Å². The van der Waals surface area contributed by atoms with E-state index in [2.05, 4.69) is 49.0 Å². The number of ether oxygens (including phenoxy) is 1. The Bertz CT molecular complexity index is 609. The van der Waals surface area contributed by atoms with Crippen LogP contribution in [-0.4, -0.2) is 17.0 Å². The highest BCUT2D eigenvalue weighted by atomic mass is 16.5. The zero-order chi connectivity index (χ0) is 15.4. The van der Waals surface area contributed by atoms with E-state index < -0.39 is 0 Å². The van der Waals surface area contributed by atoms with E-state index in [-0.39, 0.29) is 5.92 Å². The van der Waals surface area contributed by atoms with E-state index in [0.29, 0.717) is 11.8 Å². The summed E-state index contributed by atoms with van der Waals surface area (Å²) in [4.78, 5) is 8.95. The Kier molecular flexibility index (Phi) is 4.78. The Balaban J connectivity index is 2.37. The summed E-state index contributed by atoms with van der Waals surface area (Å²) in [6, 6.07) is 9.89. The molecule has 1 aromatic heterocycles. The van der Waals surface area contributed by atoms with Crippen LogP contribution in [0, 0.1) is 0 Å². The Labute approximate surface area is 126 Å². The van der Waals surface area contributed by atoms with Gasteiger partial charge in [-0.15, -0.1) is 0 Å². The largest absolute Gasteiger partial charge is 0.439 e. The summed E-state index contributed by atoms with van der Waals surface area (Å²) in [6.07, 6.45) is 0. The van der Waals surface area contributed by atoms with Crippen LogP contribution < -0.4 is 10.1 Å². The van der Waals surface area contributed by atoms with Gasteiger partial charge in [-0.05, 0) is 17.5 Å². The van der Waals surface area contributed by atoms with Crippen molar-refractivity contribution in [3.63, 3.8) is 0 Å². The molecule has 112 valence electrons. The molecule has 0 atom stereocenters. The van der Waals surface area contributed by atoms with Crippen LogP contribution in [0.2, 0.25) is 0 Å². The molecule has 0 fully saturated rings. The fourth-order valence-electron chi connectivity index (χ4n) is 2.04. The number of hydrogen-bond acceptors (Lipinski definition) is 4. The average molecular weight is 285 g/mol. The standard InChI is InChI=1S/C17H23N3O/c1-11(2)13-8-6-7-9-14(13)21-16-10-15(18-5)19-17(20-16)12(3)4/h6-12H,1-5H3,(H,18,19,20). The Morgan fingerprint density at radius 3 is 2.33 bits per heavy atom. The van der Waals surface area contributed by atoms with Crippen LogP contribution >= 0.6 is 0 Å². The molecule has 0 saturated heterocycles. The summed E-state index contributed by atoms with van der Waals surface area (Å²) in [5, 5.41) is 3.05. The third kappa shape index (κ3) is 3.72. The minimum atomic E-state index is 0.251. The van der Waals surface area contributed by atoms with Crippen LogP contribution in [0.15, 0.2) is 30.3 Å². The SMILES string of the molecule is CNc1cc(Oc2ccccc2C(C)C)nc(C(C)C)n1. The zero-order valence-corrected chi connectivity index (χ0v) is 13.3. The molecule has 0 unspecified atom stereocenters. The number of benzene rings is 1. The van der Waals surface area contributed by atoms with Crippen LogP contribution in [0.5, 0.6) is 11.6 Å². The maximum absolute atomic E-state index is 6.01. The molecule has 4 nitrogen and oxygen atoms in total. The van der Waals surface area contributed by atoms with E-state index in [1.54, 1.807) is 0 Å². The topological polar surface area (TPSA) is 47.0 Å². The number of nitrogens with zero attached hydrogens (tertiary/aromatic N) is 2. The molecule has 0 spiro atoms. The highest BCUT2D eigenvalue weighted by molar-refractivity contribution is 5.42. The smallest absolute Gasteiger partial charge is 0.224 e. The van der Waals surface area contributed by atoms with E-state index in [1.807, 2.05) is 31.3 Å². The van der Waals surface area contributed by atoms with Gasteiger partial charge in [0, 0.05) is 19.0 Å². The van der Waals surface area contributed by atoms with Crippen molar-refractivity contribution in [2.24, 2.45) is 0 Å². The average Bonchev–Trinajstić information content (AvgIpc) is 2.47. The highest BCUT2D eigenvalue weighted by Crippen LogP contribution is 2.30. The van der Waals surface area contributed by atoms with Gasteiger partial charge in [0.25, 0.3) is 0 Å². The van der Waals surface area contributed by atoms with Crippen molar-refractivity contribution in [3.8, 4) is 11.6 Å². The lowest BCUT2D eigenvalue weighted by atomic mass is 10.0. The molecule has 21 heavy (non-hydrogen) atoms. The molecular formula is C17H23N3O. The van der Waals surface area contributed by atoms with Crippen LogP contribution in [0.25, 0.3) is 0 Å². The quantitative estimate of drug-likeness (QED) is 0.875. The first-order chi connectivity index (χ1) is 10.0. The molecular weight excluding hydrogens is 262 g/mol. The molecule has 0 aliphatic rings. The second kappa shape index (κ2) is 6.57. The van der Waals surface area contributed by atoms with Gasteiger partial charge in [0.05, 0.1) is 0 Å². The van der Waals surface area contributed by atoms with Gasteiger partial charge in [0.1, 0.15) is 17.4 Å². The fraction of sp³-hybridized carbons (Fsp3) is 0.412. The van der Waals surface area contributed by atoms with Gasteiger partial charge in [-0.3, -0.25) is 0 Å². The third-order valence-corrected chi connectivity index (χ3v) is 3.25. The fourth-order valence-corrected chi connectivity index (χ4v) is 2.04. The first-order valence-electron chi connectivity index (χ1n) is 7.34. The second-order valence-electron chi connectivity index (χ2n) is 5.65. The maximum atomic E-state index is 6.01. The maximum Gasteiger partial charge on any atom is 0.224 e. The van der Waals surface area contributed by atoms with Crippen molar-refractivity contribution in [1.82, 2.24) is 9.97 Å². The number of nitrogens with one attached hydrogen (secondary N) is 1. The number of para-hydroxylation sites is 1. The Morgan fingerprint density at radius 2 is 1.71 bits per heavy atom. The van der Waals surface area contributed by atoms with Gasteiger partial charge in [-0.25, -0.2) is 4.98 Å². The van der Waals surface area contributed by atoms with E-state index >= 15 is 0 Å². The summed E-state index contributed by atoms with van der Waals surface area (Å²) in [6.45, 7) is 8.45. The van der Waals surface area contributed by atoms with Crippen LogP contribution in [0.3, 0.4) is 0 Å². The zero-order valence-electron chi connectivity index (χ0n) is 13.3. The first kappa shape index (κ1) is 15.3. The molecule has 0 amide bonds. The van der Waals surface area contributed by atoms with Crippen LogP contribution in [0.1, 0.15) is 50.9 Å². The van der Waals surface area contributed by atoms with Gasteiger partial charge in [-0.2, -0.15) is 4.98 Å². The second-order valence-corrected chi connectivity index (χ2v) is 5.65. The molecule has 0 aliphatic heterocycles. The van der Waals surface area contributed by atoms with Gasteiger partial charge >= 0.3 is 0 Å². The number of aromatic nitrogens is 2. The van der Waals surface area contributed by atoms with E-state index in [4.69, 9.17) is 4.74 Å². The molecule has 1 heterocycles. The lowest BCUT2D eigenvalue weighted by Gasteiger charge is -2.14. The van der Waals surface area contributed by atoms with E-state index in [9.17, 15) is 0 Å². The normalized spacial score (nSPS) is 11.0. The monoisotopic (exact) mass is 285 g/mol. The molecule has 4 heteroatoms. The van der Waals surface area contributed by atoms with Crippen LogP contribution in [-0.2, 0) is 0 Å². The predicted octanol–water partition coefficient (Wildman–Crippen LogP) is 4.56. The van der Waals surface area contributed by atoms with Crippen molar-refractivity contribution < 1.29 is 4.74 Å². The lowest BCUT2D eigenvalue weighted by molar-refractivity contribution is 0.449. The minimum absolute atomic E-state index is 0.251. The summed E-state index contributed by atoms with van der Waals surface area (Å²) < 4.78 is 6.01. The molecule has 0 radical (unpaired) electrons. The molecule has 2 aromatic rings. The number of rotatable bonds is 5. The lowest BCUT2D eigenvalue weighted by Crippen LogP contribution is -2.04. The van der Waals surface area contributed by atoms with Crippen molar-refractivity contribution in [2.45, 2.75) is 39.5 Å². The van der Waals surface area contributed by atoms with Gasteiger partial charge in [-0.1, -0.05) is 45.9 Å². The summed E-state index contributed by atoms with van der Waals surface area (Å²) >= 11 is 0. The molecule has 0 bridgehead atoms. The van der Waals surface area contributed by atoms with E-state index in [0.717, 1.165) is 17.4 Å². The Hall–Kier alpha value is -2.10. The Morgan fingerprint density at radius 1 is 1.00 bits per heavy atom. The summed E-state index contributed by atoms with van der Waals surface area (Å²) in [7, 11) is 1.85. The number of anilines is 1. The van der Waals surface area contributed by atoms with Crippen molar-refractivity contribution in [3.05, 3.63) is 41.7 Å². The summed E-state index contributed by atoms with van der Waals surface area (Å²) in [5.41, 5.74) is 1.17. The predicted molar refractivity (Wildman–Crippen MR) is 86.3 cm³/mol. The van der Waals surface area contributed by atoms with Crippen molar-refractivity contribution >= 4 is 5.82 Å². The molecule has 2 rings (SSSR count). The molecule has 1 aromatic carbocycles. The molecule has 0 saturated carbocycles. The molecule has 1 N–H and O–H groups in total. The molecule has 0 aliphatic carbocycles.